The Morgan fingerprint density at radius 1 is 1.35 bits per heavy atom. The summed E-state index contributed by atoms with van der Waals surface area (Å²) in [4.78, 5) is 0. The lowest BCUT2D eigenvalue weighted by Gasteiger charge is -2.23. The molecule has 2 unspecified atom stereocenters. The van der Waals surface area contributed by atoms with Crippen molar-refractivity contribution < 1.29 is 5.11 Å². The van der Waals surface area contributed by atoms with Crippen LogP contribution in [0.25, 0.3) is 0 Å². The summed E-state index contributed by atoms with van der Waals surface area (Å²) in [5.74, 6) is 0.444. The minimum Gasteiger partial charge on any atom is -0.393 e. The maximum Gasteiger partial charge on any atom is 0.0571 e. The predicted molar refractivity (Wildman–Crippen MR) is 86.0 cm³/mol. The van der Waals surface area contributed by atoms with Crippen molar-refractivity contribution in [1.82, 2.24) is 10.6 Å². The van der Waals surface area contributed by atoms with Gasteiger partial charge in [-0.25, -0.2) is 0 Å². The van der Waals surface area contributed by atoms with Crippen LogP contribution in [0.1, 0.15) is 52.4 Å². The van der Waals surface area contributed by atoms with E-state index in [2.05, 4.69) is 30.6 Å². The fraction of sp³-hybridized carbons (Fsp3) is 0.647. The van der Waals surface area contributed by atoms with Crippen LogP contribution in [0, 0.1) is 5.92 Å². The van der Waals surface area contributed by atoms with E-state index >= 15 is 0 Å². The van der Waals surface area contributed by atoms with Crippen molar-refractivity contribution in [2.24, 2.45) is 5.92 Å². The van der Waals surface area contributed by atoms with Crippen molar-refractivity contribution in [2.75, 3.05) is 7.05 Å². The summed E-state index contributed by atoms with van der Waals surface area (Å²) in [6.45, 7) is 4.39. The van der Waals surface area contributed by atoms with Gasteiger partial charge in [0.25, 0.3) is 0 Å². The molecule has 0 spiro atoms. The molecule has 0 aromatic heterocycles. The van der Waals surface area contributed by atoms with Gasteiger partial charge in [0.2, 0.25) is 0 Å². The average Bonchev–Trinajstić information content (AvgIpc) is 2.47. The summed E-state index contributed by atoms with van der Waals surface area (Å²) < 4.78 is 0. The monoisotopic (exact) mass is 278 g/mol. The van der Waals surface area contributed by atoms with Gasteiger partial charge in [-0.05, 0) is 36.8 Å². The molecule has 20 heavy (non-hydrogen) atoms. The second-order valence-corrected chi connectivity index (χ2v) is 5.46. The molecule has 0 aromatic rings. The number of hydrogen-bond donors (Lipinski definition) is 3. The minimum atomic E-state index is -0.186. The number of allylic oxidation sites excluding steroid dienone is 3. The van der Waals surface area contributed by atoms with Gasteiger partial charge in [-0.2, -0.15) is 0 Å². The largest absolute Gasteiger partial charge is 0.393 e. The highest BCUT2D eigenvalue weighted by molar-refractivity contribution is 5.36. The van der Waals surface area contributed by atoms with Crippen LogP contribution in [-0.4, -0.2) is 18.3 Å². The van der Waals surface area contributed by atoms with Crippen molar-refractivity contribution in [2.45, 2.75) is 58.5 Å². The molecule has 0 aromatic carbocycles. The maximum absolute atomic E-state index is 10.4. The Kier molecular flexibility index (Phi) is 8.12. The lowest BCUT2D eigenvalue weighted by Crippen LogP contribution is -2.21. The first-order valence-corrected chi connectivity index (χ1v) is 7.91. The number of aliphatic hydroxyl groups is 1. The van der Waals surface area contributed by atoms with Gasteiger partial charge in [0, 0.05) is 19.4 Å². The highest BCUT2D eigenvalue weighted by Gasteiger charge is 2.18. The van der Waals surface area contributed by atoms with E-state index in [1.807, 2.05) is 25.5 Å². The second kappa shape index (κ2) is 9.65. The quantitative estimate of drug-likeness (QED) is 0.605. The van der Waals surface area contributed by atoms with Gasteiger partial charge < -0.3 is 15.7 Å². The van der Waals surface area contributed by atoms with E-state index in [4.69, 9.17) is 0 Å². The Balaban J connectivity index is 2.49. The first-order chi connectivity index (χ1) is 9.72. The summed E-state index contributed by atoms with van der Waals surface area (Å²) in [5, 5.41) is 16.7. The van der Waals surface area contributed by atoms with Crippen LogP contribution in [0.15, 0.2) is 35.8 Å². The average molecular weight is 278 g/mol. The number of unbranched alkanes of at least 4 members (excludes halogenated alkanes) is 1. The topological polar surface area (TPSA) is 44.3 Å². The molecular formula is C17H30N2O. The minimum absolute atomic E-state index is 0.186. The Labute approximate surface area is 123 Å². The second-order valence-electron chi connectivity index (χ2n) is 5.46. The van der Waals surface area contributed by atoms with Crippen LogP contribution < -0.4 is 10.6 Å². The summed E-state index contributed by atoms with van der Waals surface area (Å²) in [6, 6.07) is 0. The SMILES string of the molecule is CCCCC(CC)C(O)CCC1=CC=CN/C1=C\NC. The zero-order valence-electron chi connectivity index (χ0n) is 13.2. The van der Waals surface area contributed by atoms with Crippen LogP contribution in [0.2, 0.25) is 0 Å². The van der Waals surface area contributed by atoms with Gasteiger partial charge in [0.05, 0.1) is 11.8 Å². The smallest absolute Gasteiger partial charge is 0.0571 e. The molecule has 3 N–H and O–H groups in total. The van der Waals surface area contributed by atoms with E-state index in [0.717, 1.165) is 31.4 Å². The van der Waals surface area contributed by atoms with Crippen molar-refractivity contribution >= 4 is 0 Å². The molecule has 0 fully saturated rings. The van der Waals surface area contributed by atoms with Gasteiger partial charge in [-0.15, -0.1) is 0 Å². The van der Waals surface area contributed by atoms with E-state index in [0.29, 0.717) is 5.92 Å². The number of nitrogens with one attached hydrogen (secondary N) is 2. The molecule has 0 amide bonds. The van der Waals surface area contributed by atoms with Gasteiger partial charge in [-0.3, -0.25) is 0 Å². The summed E-state index contributed by atoms with van der Waals surface area (Å²) >= 11 is 0. The maximum atomic E-state index is 10.4. The number of aliphatic hydroxyl groups excluding tert-OH is 1. The third-order valence-corrected chi connectivity index (χ3v) is 3.97. The highest BCUT2D eigenvalue weighted by Crippen LogP contribution is 2.24. The molecule has 114 valence electrons. The number of rotatable bonds is 9. The first kappa shape index (κ1) is 16.8. The van der Waals surface area contributed by atoms with Gasteiger partial charge >= 0.3 is 0 Å². The third-order valence-electron chi connectivity index (χ3n) is 3.97. The molecule has 0 aliphatic carbocycles. The lowest BCUT2D eigenvalue weighted by atomic mass is 9.89. The first-order valence-electron chi connectivity index (χ1n) is 7.91. The Bertz CT molecular complexity index is 358. The number of hydrogen-bond acceptors (Lipinski definition) is 3. The predicted octanol–water partition coefficient (Wildman–Crippen LogP) is 3.45. The van der Waals surface area contributed by atoms with Crippen LogP contribution in [0.5, 0.6) is 0 Å². The van der Waals surface area contributed by atoms with E-state index in [-0.39, 0.29) is 6.10 Å². The van der Waals surface area contributed by atoms with Gasteiger partial charge in [0.15, 0.2) is 0 Å². The fourth-order valence-electron chi connectivity index (χ4n) is 2.66. The molecule has 0 saturated carbocycles. The summed E-state index contributed by atoms with van der Waals surface area (Å²) in [7, 11) is 1.90. The zero-order chi connectivity index (χ0) is 14.8. The molecular weight excluding hydrogens is 248 g/mol. The van der Waals surface area contributed by atoms with E-state index in [1.165, 1.54) is 18.4 Å². The molecule has 0 saturated heterocycles. The molecule has 1 heterocycles. The van der Waals surface area contributed by atoms with Gasteiger partial charge in [0.1, 0.15) is 0 Å². The Morgan fingerprint density at radius 2 is 2.15 bits per heavy atom. The Hall–Kier alpha value is -1.22. The molecule has 1 rings (SSSR count). The van der Waals surface area contributed by atoms with Crippen LogP contribution in [0.4, 0.5) is 0 Å². The lowest BCUT2D eigenvalue weighted by molar-refractivity contribution is 0.0906. The molecule has 2 atom stereocenters. The molecule has 0 bridgehead atoms. The normalized spacial score (nSPS) is 19.4. The Morgan fingerprint density at radius 3 is 2.80 bits per heavy atom. The summed E-state index contributed by atoms with van der Waals surface area (Å²) in [6.07, 6.45) is 14.2. The molecule has 3 heteroatoms. The van der Waals surface area contributed by atoms with Crippen molar-refractivity contribution in [3.05, 3.63) is 35.8 Å². The van der Waals surface area contributed by atoms with Crippen LogP contribution >= 0.6 is 0 Å². The standard InChI is InChI=1S/C17H30N2O/c1-4-6-8-14(5-2)17(20)11-10-15-9-7-12-19-16(15)13-18-3/h7,9,12-14,17-20H,4-6,8,10-11H2,1-3H3/b16-13-. The summed E-state index contributed by atoms with van der Waals surface area (Å²) in [5.41, 5.74) is 2.36. The van der Waals surface area contributed by atoms with Crippen LogP contribution in [0.3, 0.4) is 0 Å². The molecule has 1 aliphatic heterocycles. The van der Waals surface area contributed by atoms with Gasteiger partial charge in [-0.1, -0.05) is 39.2 Å². The molecule has 1 aliphatic rings. The van der Waals surface area contributed by atoms with Crippen molar-refractivity contribution in [1.29, 1.82) is 0 Å². The van der Waals surface area contributed by atoms with Crippen molar-refractivity contribution in [3.8, 4) is 0 Å². The van der Waals surface area contributed by atoms with E-state index in [1.54, 1.807) is 0 Å². The highest BCUT2D eigenvalue weighted by atomic mass is 16.3. The third kappa shape index (κ3) is 5.41. The molecule has 0 radical (unpaired) electrons. The van der Waals surface area contributed by atoms with E-state index < -0.39 is 0 Å². The fourth-order valence-corrected chi connectivity index (χ4v) is 2.66. The zero-order valence-corrected chi connectivity index (χ0v) is 13.2. The molecule has 3 nitrogen and oxygen atoms in total. The van der Waals surface area contributed by atoms with E-state index in [9.17, 15) is 5.11 Å². The van der Waals surface area contributed by atoms with Crippen LogP contribution in [-0.2, 0) is 0 Å². The number of dihydropyridines is 1. The van der Waals surface area contributed by atoms with Crippen molar-refractivity contribution in [3.63, 3.8) is 0 Å².